The molecule has 0 spiro atoms. The summed E-state index contributed by atoms with van der Waals surface area (Å²) in [5, 5.41) is 15.0. The van der Waals surface area contributed by atoms with Gasteiger partial charge < -0.3 is 20.9 Å². The number of rotatable bonds is 3. The predicted octanol–water partition coefficient (Wildman–Crippen LogP) is 2.04. The fraction of sp³-hybridized carbons (Fsp3) is 0.312. The van der Waals surface area contributed by atoms with Crippen molar-refractivity contribution in [2.75, 3.05) is 18.8 Å². The van der Waals surface area contributed by atoms with Gasteiger partial charge in [-0.3, -0.25) is 0 Å². The lowest BCUT2D eigenvalue weighted by Crippen LogP contribution is -2.29. The molecule has 1 saturated heterocycles. The van der Waals surface area contributed by atoms with Crippen molar-refractivity contribution in [3.63, 3.8) is 0 Å². The maximum Gasteiger partial charge on any atom is 0.165 e. The van der Waals surface area contributed by atoms with E-state index in [-0.39, 0.29) is 0 Å². The Bertz CT molecular complexity index is 859. The smallest absolute Gasteiger partial charge is 0.165 e. The zero-order chi connectivity index (χ0) is 15.8. The first-order chi connectivity index (χ1) is 11.3. The summed E-state index contributed by atoms with van der Waals surface area (Å²) in [4.78, 5) is 4.81. The van der Waals surface area contributed by atoms with Gasteiger partial charge in [0.15, 0.2) is 5.65 Å². The van der Waals surface area contributed by atoms with Crippen LogP contribution in [0.25, 0.3) is 16.8 Å². The number of furan rings is 1. The second-order valence-corrected chi connectivity index (χ2v) is 5.82. The molecule has 0 saturated carbocycles. The summed E-state index contributed by atoms with van der Waals surface area (Å²) >= 11 is 0. The molecule has 0 aliphatic carbocycles. The van der Waals surface area contributed by atoms with Crippen molar-refractivity contribution in [2.24, 2.45) is 0 Å². The van der Waals surface area contributed by atoms with Crippen LogP contribution in [0, 0.1) is 5.41 Å². The second-order valence-electron chi connectivity index (χ2n) is 5.82. The summed E-state index contributed by atoms with van der Waals surface area (Å²) in [7, 11) is 0. The Morgan fingerprint density at radius 1 is 1.43 bits per heavy atom. The lowest BCUT2D eigenvalue weighted by Gasteiger charge is -2.22. The summed E-state index contributed by atoms with van der Waals surface area (Å²) in [6.07, 6.45) is 6.79. The first-order valence-electron chi connectivity index (χ1n) is 7.70. The SMILES string of the molecule is N=Cc1cc(-c2cnn3c(N)cc(C4CCCNC4)nc23)co1. The van der Waals surface area contributed by atoms with Gasteiger partial charge in [-0.2, -0.15) is 9.61 Å². The number of fused-ring (bicyclic) bond motifs is 1. The Kier molecular flexibility index (Phi) is 3.34. The molecule has 4 heterocycles. The fourth-order valence-corrected chi connectivity index (χ4v) is 3.09. The molecule has 23 heavy (non-hydrogen) atoms. The summed E-state index contributed by atoms with van der Waals surface area (Å²) in [6, 6.07) is 3.72. The standard InChI is InChI=1S/C16H18N6O/c17-6-12-4-11(9-23-12)13-8-20-22-15(18)5-14(21-16(13)22)10-2-1-3-19-7-10/h4-6,8-10,17,19H,1-3,7,18H2. The first-order valence-corrected chi connectivity index (χ1v) is 7.70. The molecule has 1 atom stereocenters. The molecule has 0 bridgehead atoms. The topological polar surface area (TPSA) is 105 Å². The fourth-order valence-electron chi connectivity index (χ4n) is 3.09. The van der Waals surface area contributed by atoms with E-state index in [0.29, 0.717) is 17.5 Å². The highest BCUT2D eigenvalue weighted by Gasteiger charge is 2.20. The molecule has 7 nitrogen and oxygen atoms in total. The Morgan fingerprint density at radius 3 is 3.09 bits per heavy atom. The number of nitrogen functional groups attached to an aromatic ring is 1. The van der Waals surface area contributed by atoms with Crippen LogP contribution >= 0.6 is 0 Å². The molecule has 1 aliphatic heterocycles. The number of anilines is 1. The molecule has 1 fully saturated rings. The van der Waals surface area contributed by atoms with E-state index in [0.717, 1.165) is 48.4 Å². The molecule has 118 valence electrons. The molecule has 0 radical (unpaired) electrons. The highest BCUT2D eigenvalue weighted by atomic mass is 16.3. The van der Waals surface area contributed by atoms with Crippen molar-refractivity contribution in [1.29, 1.82) is 5.41 Å². The van der Waals surface area contributed by atoms with Crippen LogP contribution < -0.4 is 11.1 Å². The first kappa shape index (κ1) is 14.0. The van der Waals surface area contributed by atoms with Crippen LogP contribution in [0.4, 0.5) is 5.82 Å². The summed E-state index contributed by atoms with van der Waals surface area (Å²) in [5.74, 6) is 1.46. The predicted molar refractivity (Wildman–Crippen MR) is 87.8 cm³/mol. The molecule has 3 aromatic heterocycles. The van der Waals surface area contributed by atoms with Crippen LogP contribution in [0.1, 0.15) is 30.2 Å². The molecule has 1 aliphatic rings. The molecule has 7 heteroatoms. The molecular formula is C16H18N6O. The average molecular weight is 310 g/mol. The van der Waals surface area contributed by atoms with Crippen molar-refractivity contribution >= 4 is 17.7 Å². The maximum atomic E-state index is 7.27. The summed E-state index contributed by atoms with van der Waals surface area (Å²) in [5.41, 5.74) is 9.60. The average Bonchev–Trinajstić information content (AvgIpc) is 3.22. The van der Waals surface area contributed by atoms with Crippen LogP contribution in [-0.2, 0) is 0 Å². The van der Waals surface area contributed by atoms with E-state index in [4.69, 9.17) is 20.5 Å². The van der Waals surface area contributed by atoms with E-state index in [1.165, 1.54) is 6.21 Å². The van der Waals surface area contributed by atoms with Crippen molar-refractivity contribution in [2.45, 2.75) is 18.8 Å². The van der Waals surface area contributed by atoms with Crippen molar-refractivity contribution < 1.29 is 4.42 Å². The van der Waals surface area contributed by atoms with Gasteiger partial charge in [-0.15, -0.1) is 0 Å². The van der Waals surface area contributed by atoms with Gasteiger partial charge in [0, 0.05) is 29.7 Å². The normalized spacial score (nSPS) is 18.3. The van der Waals surface area contributed by atoms with Gasteiger partial charge in [0.2, 0.25) is 0 Å². The monoisotopic (exact) mass is 310 g/mol. The van der Waals surface area contributed by atoms with E-state index in [2.05, 4.69) is 10.4 Å². The molecule has 0 aromatic carbocycles. The molecule has 0 amide bonds. The Balaban J connectivity index is 1.82. The molecule has 4 rings (SSSR count). The number of nitrogens with two attached hydrogens (primary N) is 1. The van der Waals surface area contributed by atoms with Crippen molar-refractivity contribution in [1.82, 2.24) is 19.9 Å². The van der Waals surface area contributed by atoms with Crippen LogP contribution in [0.2, 0.25) is 0 Å². The minimum Gasteiger partial charge on any atom is -0.463 e. The largest absolute Gasteiger partial charge is 0.463 e. The van der Waals surface area contributed by atoms with Gasteiger partial charge in [-0.25, -0.2) is 4.98 Å². The molecular weight excluding hydrogens is 292 g/mol. The number of nitrogens with one attached hydrogen (secondary N) is 2. The minimum atomic E-state index is 0.375. The maximum absolute atomic E-state index is 7.27. The van der Waals surface area contributed by atoms with Gasteiger partial charge in [0.1, 0.15) is 11.6 Å². The molecule has 4 N–H and O–H groups in total. The number of nitrogens with zero attached hydrogens (tertiary/aromatic N) is 3. The van der Waals surface area contributed by atoms with Gasteiger partial charge in [-0.05, 0) is 25.5 Å². The third-order valence-electron chi connectivity index (χ3n) is 4.31. The van der Waals surface area contributed by atoms with Crippen LogP contribution in [0.5, 0.6) is 0 Å². The lowest BCUT2D eigenvalue weighted by atomic mass is 9.96. The van der Waals surface area contributed by atoms with Crippen molar-refractivity contribution in [3.8, 4) is 11.1 Å². The van der Waals surface area contributed by atoms with Gasteiger partial charge >= 0.3 is 0 Å². The number of hydrogen-bond donors (Lipinski definition) is 3. The lowest BCUT2D eigenvalue weighted by molar-refractivity contribution is 0.455. The Morgan fingerprint density at radius 2 is 2.35 bits per heavy atom. The van der Waals surface area contributed by atoms with Crippen molar-refractivity contribution in [3.05, 3.63) is 36.0 Å². The highest BCUT2D eigenvalue weighted by molar-refractivity contribution is 5.82. The van der Waals surface area contributed by atoms with Crippen LogP contribution in [0.3, 0.4) is 0 Å². The molecule has 3 aromatic rings. The number of hydrogen-bond acceptors (Lipinski definition) is 6. The van der Waals surface area contributed by atoms with Gasteiger partial charge in [-0.1, -0.05) is 0 Å². The quantitative estimate of drug-likeness (QED) is 0.642. The zero-order valence-corrected chi connectivity index (χ0v) is 12.6. The van der Waals surface area contributed by atoms with Gasteiger partial charge in [0.05, 0.1) is 24.4 Å². The minimum absolute atomic E-state index is 0.375. The van der Waals surface area contributed by atoms with Crippen LogP contribution in [0.15, 0.2) is 29.0 Å². The molecule has 1 unspecified atom stereocenters. The third-order valence-corrected chi connectivity index (χ3v) is 4.31. The Labute approximate surface area is 133 Å². The third kappa shape index (κ3) is 2.39. The zero-order valence-electron chi connectivity index (χ0n) is 12.6. The van der Waals surface area contributed by atoms with E-state index in [1.807, 2.05) is 6.07 Å². The van der Waals surface area contributed by atoms with E-state index in [1.54, 1.807) is 23.0 Å². The van der Waals surface area contributed by atoms with E-state index in [9.17, 15) is 0 Å². The van der Waals surface area contributed by atoms with Gasteiger partial charge in [0.25, 0.3) is 0 Å². The van der Waals surface area contributed by atoms with E-state index >= 15 is 0 Å². The number of piperidine rings is 1. The highest BCUT2D eigenvalue weighted by Crippen LogP contribution is 2.29. The van der Waals surface area contributed by atoms with Crippen LogP contribution in [-0.4, -0.2) is 33.9 Å². The van der Waals surface area contributed by atoms with E-state index < -0.39 is 0 Å². The second kappa shape index (κ2) is 5.51. The Hall–Kier alpha value is -2.67. The summed E-state index contributed by atoms with van der Waals surface area (Å²) in [6.45, 7) is 1.99. The number of aromatic nitrogens is 3. The summed E-state index contributed by atoms with van der Waals surface area (Å²) < 4.78 is 6.96.